The lowest BCUT2D eigenvalue weighted by Crippen LogP contribution is -2.59. The van der Waals surface area contributed by atoms with E-state index in [1.54, 1.807) is 4.90 Å². The van der Waals surface area contributed by atoms with Crippen LogP contribution in [0.15, 0.2) is 0 Å². The number of ketones is 1. The number of carbonyl (C=O) groups excluding carboxylic acids is 4. The number of likely N-dealkylation sites (tertiary alicyclic amines) is 1. The fraction of sp³-hybridized carbons (Fsp3) is 0.760. The zero-order valence-corrected chi connectivity index (χ0v) is 20.5. The van der Waals surface area contributed by atoms with Gasteiger partial charge in [-0.05, 0) is 50.4 Å². The van der Waals surface area contributed by atoms with Crippen LogP contribution in [-0.4, -0.2) is 60.2 Å². The van der Waals surface area contributed by atoms with Crippen LogP contribution in [0.2, 0.25) is 0 Å². The second kappa shape index (κ2) is 12.6. The minimum Gasteiger partial charge on any atom is -0.344 e. The quantitative estimate of drug-likeness (QED) is 0.459. The van der Waals surface area contributed by atoms with Crippen molar-refractivity contribution < 1.29 is 19.2 Å². The molecule has 0 spiro atoms. The molecule has 4 atom stereocenters. The van der Waals surface area contributed by atoms with Crippen molar-refractivity contribution in [1.29, 1.82) is 0 Å². The molecule has 0 bridgehead atoms. The predicted octanol–water partition coefficient (Wildman–Crippen LogP) is 2.22. The lowest BCUT2D eigenvalue weighted by molar-refractivity contribution is -0.143. The van der Waals surface area contributed by atoms with E-state index in [-0.39, 0.29) is 35.4 Å². The largest absolute Gasteiger partial charge is 0.344 e. The smallest absolute Gasteiger partial charge is 0.315 e. The first-order valence-electron chi connectivity index (χ1n) is 12.2. The SMILES string of the molecule is C#CCCC(NC(=O)C1[C@@H](C(C)C)CCN1C(=O)C(NC(=O)NC)C1CCCCC1)C(C)=O. The highest BCUT2D eigenvalue weighted by molar-refractivity contribution is 5.94. The van der Waals surface area contributed by atoms with Gasteiger partial charge in [0.05, 0.1) is 6.04 Å². The lowest BCUT2D eigenvalue weighted by atomic mass is 9.83. The number of rotatable bonds is 9. The van der Waals surface area contributed by atoms with Gasteiger partial charge in [0.25, 0.3) is 0 Å². The number of nitrogens with one attached hydrogen (secondary N) is 3. The molecule has 2 rings (SSSR count). The molecule has 3 N–H and O–H groups in total. The van der Waals surface area contributed by atoms with Gasteiger partial charge in [0.2, 0.25) is 11.8 Å². The summed E-state index contributed by atoms with van der Waals surface area (Å²) in [5, 5.41) is 8.26. The maximum atomic E-state index is 13.8. The molecule has 8 heteroatoms. The van der Waals surface area contributed by atoms with E-state index in [9.17, 15) is 19.2 Å². The van der Waals surface area contributed by atoms with Gasteiger partial charge in [-0.1, -0.05) is 33.1 Å². The number of hydrogen-bond acceptors (Lipinski definition) is 4. The van der Waals surface area contributed by atoms with Crippen LogP contribution in [0.25, 0.3) is 0 Å². The minimum absolute atomic E-state index is 0.0267. The van der Waals surface area contributed by atoms with Crippen LogP contribution in [0.3, 0.4) is 0 Å². The number of hydrogen-bond donors (Lipinski definition) is 3. The third-order valence-electron chi connectivity index (χ3n) is 7.14. The van der Waals surface area contributed by atoms with E-state index in [1.807, 2.05) is 13.8 Å². The summed E-state index contributed by atoms with van der Waals surface area (Å²) in [5.74, 6) is 2.02. The Balaban J connectivity index is 2.28. The van der Waals surface area contributed by atoms with Gasteiger partial charge in [-0.15, -0.1) is 12.3 Å². The van der Waals surface area contributed by atoms with Crippen LogP contribution in [0.4, 0.5) is 4.79 Å². The van der Waals surface area contributed by atoms with Gasteiger partial charge in [0.1, 0.15) is 12.1 Å². The molecule has 0 aromatic carbocycles. The van der Waals surface area contributed by atoms with Gasteiger partial charge < -0.3 is 20.9 Å². The topological polar surface area (TPSA) is 108 Å². The molecule has 8 nitrogen and oxygen atoms in total. The van der Waals surface area contributed by atoms with Crippen LogP contribution >= 0.6 is 0 Å². The number of carbonyl (C=O) groups is 4. The molecular weight excluding hydrogens is 420 g/mol. The van der Waals surface area contributed by atoms with Crippen LogP contribution in [-0.2, 0) is 14.4 Å². The van der Waals surface area contributed by atoms with Crippen molar-refractivity contribution in [2.24, 2.45) is 17.8 Å². The molecule has 4 amide bonds. The van der Waals surface area contributed by atoms with Crippen molar-refractivity contribution in [3.8, 4) is 12.3 Å². The number of urea groups is 1. The number of terminal acetylenes is 1. The maximum Gasteiger partial charge on any atom is 0.315 e. The van der Waals surface area contributed by atoms with Crippen LogP contribution in [0.1, 0.15) is 72.1 Å². The Bertz CT molecular complexity index is 754. The van der Waals surface area contributed by atoms with Crippen molar-refractivity contribution in [3.05, 3.63) is 0 Å². The van der Waals surface area contributed by atoms with Crippen molar-refractivity contribution in [2.45, 2.75) is 90.3 Å². The Morgan fingerprint density at radius 2 is 1.73 bits per heavy atom. The van der Waals surface area contributed by atoms with Gasteiger partial charge in [-0.3, -0.25) is 14.4 Å². The summed E-state index contributed by atoms with van der Waals surface area (Å²) in [6.45, 7) is 5.97. The van der Waals surface area contributed by atoms with Gasteiger partial charge in [0.15, 0.2) is 5.78 Å². The van der Waals surface area contributed by atoms with E-state index in [0.29, 0.717) is 25.8 Å². The molecule has 3 unspecified atom stereocenters. The van der Waals surface area contributed by atoms with Crippen molar-refractivity contribution in [3.63, 3.8) is 0 Å². The standard InChI is InChI=1S/C25H40N4O4/c1-6-7-13-20(17(4)30)27-23(31)22-19(16(2)3)14-15-29(22)24(32)21(28-25(33)26-5)18-11-9-8-10-12-18/h1,16,18-22H,7-15H2,2-5H3,(H,27,31)(H2,26,28,33)/t19-,20?,21?,22?/m1/s1. The van der Waals surface area contributed by atoms with E-state index in [2.05, 4.69) is 21.9 Å². The summed E-state index contributed by atoms with van der Waals surface area (Å²) in [7, 11) is 1.52. The third kappa shape index (κ3) is 6.96. The first-order valence-corrected chi connectivity index (χ1v) is 12.2. The fourth-order valence-electron chi connectivity index (χ4n) is 5.20. The lowest BCUT2D eigenvalue weighted by Gasteiger charge is -2.36. The Kier molecular flexibility index (Phi) is 10.2. The summed E-state index contributed by atoms with van der Waals surface area (Å²) < 4.78 is 0. The van der Waals surface area contributed by atoms with E-state index in [4.69, 9.17) is 6.42 Å². The molecule has 1 aliphatic heterocycles. The Hall–Kier alpha value is -2.56. The van der Waals surface area contributed by atoms with Crippen molar-refractivity contribution in [1.82, 2.24) is 20.9 Å². The molecule has 1 saturated carbocycles. The third-order valence-corrected chi connectivity index (χ3v) is 7.14. The Morgan fingerprint density at radius 1 is 1.06 bits per heavy atom. The van der Waals surface area contributed by atoms with E-state index >= 15 is 0 Å². The summed E-state index contributed by atoms with van der Waals surface area (Å²) in [6, 6.07) is -2.42. The van der Waals surface area contributed by atoms with E-state index in [1.165, 1.54) is 14.0 Å². The maximum absolute atomic E-state index is 13.8. The van der Waals surface area contributed by atoms with Gasteiger partial charge in [-0.25, -0.2) is 4.79 Å². The minimum atomic E-state index is -0.678. The molecule has 1 aliphatic carbocycles. The summed E-state index contributed by atoms with van der Waals surface area (Å²) in [5.41, 5.74) is 0. The van der Waals surface area contributed by atoms with E-state index < -0.39 is 24.2 Å². The summed E-state index contributed by atoms with van der Waals surface area (Å²) in [4.78, 5) is 53.1. The second-order valence-electron chi connectivity index (χ2n) is 9.69. The monoisotopic (exact) mass is 460 g/mol. The normalized spacial score (nSPS) is 22.8. The Labute approximate surface area is 198 Å². The molecule has 184 valence electrons. The average Bonchev–Trinajstić information content (AvgIpc) is 3.25. The first kappa shape index (κ1) is 26.7. The molecule has 2 fully saturated rings. The van der Waals surface area contributed by atoms with E-state index in [0.717, 1.165) is 32.1 Å². The van der Waals surface area contributed by atoms with Crippen LogP contribution in [0.5, 0.6) is 0 Å². The molecule has 33 heavy (non-hydrogen) atoms. The van der Waals surface area contributed by atoms with Gasteiger partial charge in [-0.2, -0.15) is 0 Å². The van der Waals surface area contributed by atoms with Crippen molar-refractivity contribution >= 4 is 23.6 Å². The zero-order valence-electron chi connectivity index (χ0n) is 20.5. The van der Waals surface area contributed by atoms with Crippen molar-refractivity contribution in [2.75, 3.05) is 13.6 Å². The summed E-state index contributed by atoms with van der Waals surface area (Å²) >= 11 is 0. The number of nitrogens with zero attached hydrogens (tertiary/aromatic N) is 1. The predicted molar refractivity (Wildman–Crippen MR) is 127 cm³/mol. The molecule has 0 radical (unpaired) electrons. The molecule has 1 saturated heterocycles. The number of amides is 4. The Morgan fingerprint density at radius 3 is 2.27 bits per heavy atom. The second-order valence-corrected chi connectivity index (χ2v) is 9.69. The highest BCUT2D eigenvalue weighted by Gasteiger charge is 2.46. The number of Topliss-reactive ketones (excluding diaryl/α,β-unsaturated/α-hetero) is 1. The zero-order chi connectivity index (χ0) is 24.5. The molecular formula is C25H40N4O4. The molecule has 1 heterocycles. The molecule has 0 aromatic heterocycles. The van der Waals surface area contributed by atoms with Crippen LogP contribution < -0.4 is 16.0 Å². The van der Waals surface area contributed by atoms with Crippen LogP contribution in [0, 0.1) is 30.1 Å². The highest BCUT2D eigenvalue weighted by atomic mass is 16.2. The van der Waals surface area contributed by atoms with Gasteiger partial charge in [0, 0.05) is 20.0 Å². The average molecular weight is 461 g/mol. The summed E-state index contributed by atoms with van der Waals surface area (Å²) in [6.07, 6.45) is 11.7. The molecule has 2 aliphatic rings. The fourth-order valence-corrected chi connectivity index (χ4v) is 5.20. The first-order chi connectivity index (χ1) is 15.7. The highest BCUT2D eigenvalue weighted by Crippen LogP contribution is 2.34. The van der Waals surface area contributed by atoms with Gasteiger partial charge >= 0.3 is 6.03 Å². The molecule has 0 aromatic rings.